The number of aryl methyl sites for hydroxylation is 1. The topological polar surface area (TPSA) is 113 Å². The zero-order chi connectivity index (χ0) is 16.5. The lowest BCUT2D eigenvalue weighted by atomic mass is 10.2. The van der Waals surface area contributed by atoms with E-state index < -0.39 is 32.9 Å². The monoisotopic (exact) mass is 332 g/mol. The second-order valence-corrected chi connectivity index (χ2v) is 8.52. The smallest absolute Gasteiger partial charge is 0.363 e. The van der Waals surface area contributed by atoms with Crippen LogP contribution in [-0.4, -0.2) is 51.3 Å². The Morgan fingerprint density at radius 2 is 1.95 bits per heavy atom. The lowest BCUT2D eigenvalue weighted by molar-refractivity contribution is -0.151. The summed E-state index contributed by atoms with van der Waals surface area (Å²) in [5.74, 6) is -1.88. The van der Waals surface area contributed by atoms with Crippen molar-refractivity contribution in [3.63, 3.8) is 0 Å². The van der Waals surface area contributed by atoms with Gasteiger partial charge in [0.2, 0.25) is 0 Å². The molecule has 0 aliphatic heterocycles. The van der Waals surface area contributed by atoms with Gasteiger partial charge in [0.15, 0.2) is 9.84 Å². The molecule has 22 heavy (non-hydrogen) atoms. The highest BCUT2D eigenvalue weighted by Gasteiger charge is 2.28. The number of carbonyl (C=O) groups excluding carboxylic acids is 1. The summed E-state index contributed by atoms with van der Waals surface area (Å²) in [5, 5.41) is 7.37. The van der Waals surface area contributed by atoms with Crippen molar-refractivity contribution in [1.82, 2.24) is 19.8 Å². The molecule has 1 aromatic rings. The first-order valence-electron chi connectivity index (χ1n) is 7.02. The summed E-state index contributed by atoms with van der Waals surface area (Å²) in [6.07, 6.45) is 1.77. The van der Waals surface area contributed by atoms with E-state index in [9.17, 15) is 18.0 Å². The van der Waals surface area contributed by atoms with Crippen molar-refractivity contribution in [2.45, 2.75) is 51.8 Å². The fraction of sp³-hybridized carbons (Fsp3) is 0.833. The maximum absolute atomic E-state index is 11.9. The van der Waals surface area contributed by atoms with Gasteiger partial charge in [-0.05, 0) is 44.0 Å². The fourth-order valence-corrected chi connectivity index (χ4v) is 2.84. The van der Waals surface area contributed by atoms with Gasteiger partial charge >= 0.3 is 11.7 Å². The summed E-state index contributed by atoms with van der Waals surface area (Å²) in [4.78, 5) is 23.4. The van der Waals surface area contributed by atoms with E-state index in [1.54, 1.807) is 20.8 Å². The number of rotatable bonds is 6. The average molecular weight is 332 g/mol. The molecule has 124 valence electrons. The third-order valence-electron chi connectivity index (χ3n) is 2.93. The van der Waals surface area contributed by atoms with Crippen LogP contribution in [0.5, 0.6) is 0 Å². The standard InChI is InChI=1S/C12H20N4O5S/c1-12(2,3)21-10(17)8-22(19,20)7-6-15-11(18)16(14-13-15)9-4-5-9/h9H,4-8H2,1-3H3. The summed E-state index contributed by atoms with van der Waals surface area (Å²) < 4.78 is 31.0. The van der Waals surface area contributed by atoms with E-state index in [0.29, 0.717) is 0 Å². The van der Waals surface area contributed by atoms with E-state index in [-0.39, 0.29) is 18.3 Å². The van der Waals surface area contributed by atoms with Gasteiger partial charge < -0.3 is 4.74 Å². The fourth-order valence-electron chi connectivity index (χ4n) is 1.82. The summed E-state index contributed by atoms with van der Waals surface area (Å²) in [6, 6.07) is 0.0830. The van der Waals surface area contributed by atoms with Crippen LogP contribution < -0.4 is 5.69 Å². The number of ether oxygens (including phenoxy) is 1. The first kappa shape index (κ1) is 16.7. The van der Waals surface area contributed by atoms with Crippen LogP contribution in [0, 0.1) is 0 Å². The van der Waals surface area contributed by atoms with Crippen molar-refractivity contribution in [1.29, 1.82) is 0 Å². The van der Waals surface area contributed by atoms with Gasteiger partial charge in [0.25, 0.3) is 0 Å². The van der Waals surface area contributed by atoms with E-state index in [2.05, 4.69) is 10.4 Å². The summed E-state index contributed by atoms with van der Waals surface area (Å²) in [5.41, 5.74) is -1.16. The molecule has 1 saturated carbocycles. The van der Waals surface area contributed by atoms with Gasteiger partial charge in [-0.15, -0.1) is 0 Å². The largest absolute Gasteiger partial charge is 0.459 e. The Hall–Kier alpha value is -1.71. The molecule has 0 bridgehead atoms. The maximum Gasteiger partial charge on any atom is 0.363 e. The zero-order valence-corrected chi connectivity index (χ0v) is 13.7. The first-order valence-corrected chi connectivity index (χ1v) is 8.84. The molecule has 2 rings (SSSR count). The second kappa shape index (κ2) is 5.82. The summed E-state index contributed by atoms with van der Waals surface area (Å²) >= 11 is 0. The molecule has 0 spiro atoms. The summed E-state index contributed by atoms with van der Waals surface area (Å²) in [7, 11) is -3.67. The van der Waals surface area contributed by atoms with Gasteiger partial charge in [-0.1, -0.05) is 0 Å². The van der Waals surface area contributed by atoms with E-state index in [4.69, 9.17) is 4.74 Å². The maximum atomic E-state index is 11.9. The Kier molecular flexibility index (Phi) is 4.41. The van der Waals surface area contributed by atoms with Crippen LogP contribution >= 0.6 is 0 Å². The van der Waals surface area contributed by atoms with Crippen molar-refractivity contribution < 1.29 is 17.9 Å². The van der Waals surface area contributed by atoms with Crippen molar-refractivity contribution in [3.05, 3.63) is 10.5 Å². The van der Waals surface area contributed by atoms with E-state index in [1.165, 1.54) is 4.68 Å². The van der Waals surface area contributed by atoms with Crippen LogP contribution in [0.4, 0.5) is 0 Å². The minimum absolute atomic E-state index is 0.0830. The van der Waals surface area contributed by atoms with Gasteiger partial charge in [-0.25, -0.2) is 13.2 Å². The highest BCUT2D eigenvalue weighted by Crippen LogP contribution is 2.32. The molecular weight excluding hydrogens is 312 g/mol. The summed E-state index contributed by atoms with van der Waals surface area (Å²) in [6.45, 7) is 4.85. The first-order chi connectivity index (χ1) is 10.1. The predicted octanol–water partition coefficient (Wildman–Crippen LogP) is -0.469. The number of esters is 1. The Morgan fingerprint density at radius 1 is 1.32 bits per heavy atom. The number of hydrogen-bond donors (Lipinski definition) is 0. The quantitative estimate of drug-likeness (QED) is 0.647. The molecule has 0 unspecified atom stereocenters. The third-order valence-corrected chi connectivity index (χ3v) is 4.41. The van der Waals surface area contributed by atoms with Crippen molar-refractivity contribution in [2.75, 3.05) is 11.5 Å². The molecule has 1 aliphatic carbocycles. The molecule has 1 heterocycles. The second-order valence-electron chi connectivity index (χ2n) is 6.34. The van der Waals surface area contributed by atoms with Crippen LogP contribution in [0.15, 0.2) is 4.79 Å². The predicted molar refractivity (Wildman–Crippen MR) is 77.1 cm³/mol. The normalized spacial score (nSPS) is 15.8. The minimum atomic E-state index is -3.67. The average Bonchev–Trinajstić information content (AvgIpc) is 3.08. The molecular formula is C12H20N4O5S. The molecule has 0 radical (unpaired) electrons. The molecule has 0 aromatic carbocycles. The molecule has 0 amide bonds. The van der Waals surface area contributed by atoms with Crippen LogP contribution in [0.2, 0.25) is 0 Å². The lowest BCUT2D eigenvalue weighted by Gasteiger charge is -2.19. The highest BCUT2D eigenvalue weighted by molar-refractivity contribution is 7.92. The SMILES string of the molecule is CC(C)(C)OC(=O)CS(=O)(=O)CCn1nnn(C2CC2)c1=O. The molecule has 0 atom stereocenters. The molecule has 0 N–H and O–H groups in total. The number of hydrogen-bond acceptors (Lipinski definition) is 7. The number of tetrazole rings is 1. The van der Waals surface area contributed by atoms with E-state index in [1.807, 2.05) is 0 Å². The van der Waals surface area contributed by atoms with Crippen molar-refractivity contribution >= 4 is 15.8 Å². The van der Waals surface area contributed by atoms with Gasteiger partial charge in [0.05, 0.1) is 18.3 Å². The van der Waals surface area contributed by atoms with Gasteiger partial charge in [0, 0.05) is 0 Å². The number of nitrogens with zero attached hydrogens (tertiary/aromatic N) is 4. The highest BCUT2D eigenvalue weighted by atomic mass is 32.2. The molecule has 0 saturated heterocycles. The van der Waals surface area contributed by atoms with E-state index in [0.717, 1.165) is 17.5 Å². The van der Waals surface area contributed by atoms with Gasteiger partial charge in [-0.2, -0.15) is 9.36 Å². The zero-order valence-electron chi connectivity index (χ0n) is 12.9. The van der Waals surface area contributed by atoms with Gasteiger partial charge in [0.1, 0.15) is 11.4 Å². The molecule has 1 fully saturated rings. The van der Waals surface area contributed by atoms with Crippen LogP contribution in [-0.2, 0) is 25.9 Å². The number of aromatic nitrogens is 4. The van der Waals surface area contributed by atoms with Gasteiger partial charge in [-0.3, -0.25) is 4.79 Å². The van der Waals surface area contributed by atoms with Crippen molar-refractivity contribution in [3.8, 4) is 0 Å². The molecule has 1 aromatic heterocycles. The Labute approximate surface area is 128 Å². The number of sulfone groups is 1. The molecule has 1 aliphatic rings. The minimum Gasteiger partial charge on any atom is -0.459 e. The lowest BCUT2D eigenvalue weighted by Crippen LogP contribution is -2.32. The Morgan fingerprint density at radius 3 is 2.50 bits per heavy atom. The number of carbonyl (C=O) groups is 1. The van der Waals surface area contributed by atoms with Crippen LogP contribution in [0.3, 0.4) is 0 Å². The third kappa shape index (κ3) is 4.65. The van der Waals surface area contributed by atoms with Crippen molar-refractivity contribution in [2.24, 2.45) is 0 Å². The van der Waals surface area contributed by atoms with Crippen LogP contribution in [0.25, 0.3) is 0 Å². The molecule has 9 nitrogen and oxygen atoms in total. The molecule has 10 heteroatoms. The Bertz CT molecular complexity index is 709. The van der Waals surface area contributed by atoms with Crippen LogP contribution in [0.1, 0.15) is 39.7 Å². The van der Waals surface area contributed by atoms with E-state index >= 15 is 0 Å². The Balaban J connectivity index is 1.92.